The van der Waals surface area contributed by atoms with Crippen molar-refractivity contribution in [2.45, 2.75) is 39.0 Å². The second-order valence-electron chi connectivity index (χ2n) is 6.16. The largest absolute Gasteiger partial charge is 0.481 e. The van der Waals surface area contributed by atoms with Gasteiger partial charge in [0, 0.05) is 18.1 Å². The Bertz CT molecular complexity index is 670. The standard InChI is InChI=1S/C21H27NO2S/c1-4-20(24-19-10-8-16(2)9-11-19)21(23)22-12-13-25-15-18-7-5-6-17(3)14-18/h5-11,14,20H,4,12-13,15H2,1-3H3,(H,22,23)/t20-/m0/s1. The quantitative estimate of drug-likeness (QED) is 0.671. The third-order valence-corrected chi connectivity index (χ3v) is 4.89. The second-order valence-corrected chi connectivity index (χ2v) is 7.27. The first-order valence-electron chi connectivity index (χ1n) is 8.73. The average Bonchev–Trinajstić information content (AvgIpc) is 2.61. The zero-order valence-electron chi connectivity index (χ0n) is 15.2. The molecule has 2 aromatic carbocycles. The van der Waals surface area contributed by atoms with Gasteiger partial charge < -0.3 is 10.1 Å². The lowest BCUT2D eigenvalue weighted by molar-refractivity contribution is -0.127. The van der Waals surface area contributed by atoms with E-state index < -0.39 is 6.10 Å². The van der Waals surface area contributed by atoms with E-state index in [0.29, 0.717) is 13.0 Å². The van der Waals surface area contributed by atoms with E-state index in [1.165, 1.54) is 16.7 Å². The minimum Gasteiger partial charge on any atom is -0.481 e. The van der Waals surface area contributed by atoms with E-state index in [1.807, 2.05) is 49.9 Å². The Hall–Kier alpha value is -1.94. The van der Waals surface area contributed by atoms with Gasteiger partial charge in [-0.05, 0) is 38.0 Å². The van der Waals surface area contributed by atoms with E-state index in [2.05, 4.69) is 36.5 Å². The van der Waals surface area contributed by atoms with Crippen LogP contribution >= 0.6 is 11.8 Å². The normalized spacial score (nSPS) is 11.8. The van der Waals surface area contributed by atoms with Crippen LogP contribution in [0.4, 0.5) is 0 Å². The van der Waals surface area contributed by atoms with Crippen molar-refractivity contribution in [3.05, 3.63) is 65.2 Å². The molecule has 4 heteroatoms. The van der Waals surface area contributed by atoms with Crippen LogP contribution in [0.5, 0.6) is 5.75 Å². The third-order valence-electron chi connectivity index (χ3n) is 3.86. The number of hydrogen-bond donors (Lipinski definition) is 1. The van der Waals surface area contributed by atoms with Crippen molar-refractivity contribution in [2.24, 2.45) is 0 Å². The van der Waals surface area contributed by atoms with E-state index in [1.54, 1.807) is 0 Å². The first-order valence-corrected chi connectivity index (χ1v) is 9.88. The Morgan fingerprint density at radius 1 is 1.12 bits per heavy atom. The highest BCUT2D eigenvalue weighted by molar-refractivity contribution is 7.98. The van der Waals surface area contributed by atoms with Crippen molar-refractivity contribution < 1.29 is 9.53 Å². The second kappa shape index (κ2) is 10.1. The zero-order valence-corrected chi connectivity index (χ0v) is 16.1. The summed E-state index contributed by atoms with van der Waals surface area (Å²) < 4.78 is 5.80. The molecule has 1 N–H and O–H groups in total. The highest BCUT2D eigenvalue weighted by Gasteiger charge is 2.17. The van der Waals surface area contributed by atoms with Crippen LogP contribution in [0, 0.1) is 13.8 Å². The first kappa shape index (κ1) is 19.4. The predicted molar refractivity (Wildman–Crippen MR) is 106 cm³/mol. The number of aryl methyl sites for hydroxylation is 2. The van der Waals surface area contributed by atoms with Crippen molar-refractivity contribution in [1.29, 1.82) is 0 Å². The summed E-state index contributed by atoms with van der Waals surface area (Å²) in [5.41, 5.74) is 3.78. The van der Waals surface area contributed by atoms with Crippen molar-refractivity contribution in [3.8, 4) is 5.75 Å². The van der Waals surface area contributed by atoms with Gasteiger partial charge in [0.1, 0.15) is 5.75 Å². The molecular weight excluding hydrogens is 330 g/mol. The molecule has 0 heterocycles. The highest BCUT2D eigenvalue weighted by Crippen LogP contribution is 2.15. The van der Waals surface area contributed by atoms with Crippen molar-refractivity contribution >= 4 is 17.7 Å². The SMILES string of the molecule is CC[C@H](Oc1ccc(C)cc1)C(=O)NCCSCc1cccc(C)c1. The van der Waals surface area contributed by atoms with Gasteiger partial charge in [0.2, 0.25) is 0 Å². The van der Waals surface area contributed by atoms with Gasteiger partial charge >= 0.3 is 0 Å². The molecule has 134 valence electrons. The van der Waals surface area contributed by atoms with Crippen molar-refractivity contribution in [1.82, 2.24) is 5.32 Å². The number of nitrogens with one attached hydrogen (secondary N) is 1. The number of amides is 1. The zero-order chi connectivity index (χ0) is 18.1. The molecule has 0 radical (unpaired) electrons. The Morgan fingerprint density at radius 2 is 1.88 bits per heavy atom. The number of carbonyl (C=O) groups is 1. The minimum atomic E-state index is -0.440. The van der Waals surface area contributed by atoms with E-state index in [9.17, 15) is 4.79 Å². The number of rotatable bonds is 9. The lowest BCUT2D eigenvalue weighted by Crippen LogP contribution is -2.39. The maximum absolute atomic E-state index is 12.3. The molecule has 0 saturated carbocycles. The van der Waals surface area contributed by atoms with E-state index in [-0.39, 0.29) is 5.91 Å². The molecule has 0 spiro atoms. The fourth-order valence-corrected chi connectivity index (χ4v) is 3.26. The van der Waals surface area contributed by atoms with Crippen LogP contribution < -0.4 is 10.1 Å². The Labute approximate surface area is 155 Å². The summed E-state index contributed by atoms with van der Waals surface area (Å²) in [6.45, 7) is 6.75. The van der Waals surface area contributed by atoms with Gasteiger partial charge in [-0.15, -0.1) is 0 Å². The van der Waals surface area contributed by atoms with Gasteiger partial charge in [-0.25, -0.2) is 0 Å². The van der Waals surface area contributed by atoms with Crippen LogP contribution in [0.3, 0.4) is 0 Å². The Balaban J connectivity index is 1.69. The van der Waals surface area contributed by atoms with Crippen molar-refractivity contribution in [2.75, 3.05) is 12.3 Å². The van der Waals surface area contributed by atoms with Gasteiger partial charge in [-0.1, -0.05) is 54.4 Å². The molecule has 0 aliphatic heterocycles. The number of carbonyl (C=O) groups excluding carboxylic acids is 1. The molecule has 0 bridgehead atoms. The molecule has 3 nitrogen and oxygen atoms in total. The summed E-state index contributed by atoms with van der Waals surface area (Å²) in [6, 6.07) is 16.3. The maximum Gasteiger partial charge on any atom is 0.261 e. The summed E-state index contributed by atoms with van der Waals surface area (Å²) in [5, 5.41) is 2.98. The van der Waals surface area contributed by atoms with Crippen LogP contribution in [0.2, 0.25) is 0 Å². The Kier molecular flexibility index (Phi) is 7.86. The number of hydrogen-bond acceptors (Lipinski definition) is 3. The summed E-state index contributed by atoms with van der Waals surface area (Å²) in [7, 11) is 0. The monoisotopic (exact) mass is 357 g/mol. The predicted octanol–water partition coefficient (Wildman–Crippen LogP) is 4.51. The fourth-order valence-electron chi connectivity index (χ4n) is 2.46. The summed E-state index contributed by atoms with van der Waals surface area (Å²) in [6.07, 6.45) is 0.209. The highest BCUT2D eigenvalue weighted by atomic mass is 32.2. The molecule has 25 heavy (non-hydrogen) atoms. The minimum absolute atomic E-state index is 0.0424. The molecule has 2 aromatic rings. The number of benzene rings is 2. The molecule has 0 aliphatic carbocycles. The lowest BCUT2D eigenvalue weighted by Gasteiger charge is -2.17. The molecule has 0 fully saturated rings. The smallest absolute Gasteiger partial charge is 0.261 e. The van der Waals surface area contributed by atoms with Crippen molar-refractivity contribution in [3.63, 3.8) is 0 Å². The third kappa shape index (κ3) is 6.83. The summed E-state index contributed by atoms with van der Waals surface area (Å²) >= 11 is 1.83. The maximum atomic E-state index is 12.3. The molecule has 0 aromatic heterocycles. The molecule has 0 aliphatic rings. The molecule has 0 saturated heterocycles. The number of ether oxygens (including phenoxy) is 1. The van der Waals surface area contributed by atoms with Gasteiger partial charge in [0.25, 0.3) is 5.91 Å². The van der Waals surface area contributed by atoms with E-state index in [0.717, 1.165) is 17.3 Å². The van der Waals surface area contributed by atoms with Crippen LogP contribution in [-0.4, -0.2) is 24.3 Å². The van der Waals surface area contributed by atoms with Gasteiger partial charge in [0.15, 0.2) is 6.10 Å². The summed E-state index contributed by atoms with van der Waals surface area (Å²) in [5.74, 6) is 2.55. The van der Waals surface area contributed by atoms with Gasteiger partial charge in [-0.3, -0.25) is 4.79 Å². The van der Waals surface area contributed by atoms with Crippen LogP contribution in [0.1, 0.15) is 30.0 Å². The van der Waals surface area contributed by atoms with E-state index in [4.69, 9.17) is 4.74 Å². The molecule has 1 amide bonds. The van der Waals surface area contributed by atoms with Gasteiger partial charge in [-0.2, -0.15) is 11.8 Å². The van der Waals surface area contributed by atoms with Crippen LogP contribution in [0.15, 0.2) is 48.5 Å². The first-order chi connectivity index (χ1) is 12.1. The number of thioether (sulfide) groups is 1. The lowest BCUT2D eigenvalue weighted by atomic mass is 10.2. The topological polar surface area (TPSA) is 38.3 Å². The fraction of sp³-hybridized carbons (Fsp3) is 0.381. The van der Waals surface area contributed by atoms with Crippen LogP contribution in [0.25, 0.3) is 0 Å². The molecule has 2 rings (SSSR count). The summed E-state index contributed by atoms with van der Waals surface area (Å²) in [4.78, 5) is 12.3. The average molecular weight is 358 g/mol. The van der Waals surface area contributed by atoms with Crippen LogP contribution in [-0.2, 0) is 10.5 Å². The molecule has 0 unspecified atom stereocenters. The molecule has 1 atom stereocenters. The Morgan fingerprint density at radius 3 is 2.56 bits per heavy atom. The molecular formula is C21H27NO2S. The van der Waals surface area contributed by atoms with E-state index >= 15 is 0 Å². The van der Waals surface area contributed by atoms with Gasteiger partial charge in [0.05, 0.1) is 0 Å².